The minimum atomic E-state index is 0.0410. The lowest BCUT2D eigenvalue weighted by Crippen LogP contribution is -2.33. The third kappa shape index (κ3) is 3.67. The third-order valence-corrected chi connectivity index (χ3v) is 2.16. The molecule has 0 saturated heterocycles. The van der Waals surface area contributed by atoms with Gasteiger partial charge in [0.1, 0.15) is 0 Å². The number of hydrogen-bond donors (Lipinski definition) is 0. The first-order valence-corrected chi connectivity index (χ1v) is 4.91. The van der Waals surface area contributed by atoms with Gasteiger partial charge in [-0.05, 0) is 26.2 Å². The number of rotatable bonds is 4. The maximum atomic E-state index is 11.8. The number of nitrogens with zero attached hydrogens (tertiary/aromatic N) is 3. The predicted octanol–water partition coefficient (Wildman–Crippen LogP) is 0.715. The average Bonchev–Trinajstić information content (AvgIpc) is 2.26. The van der Waals surface area contributed by atoms with Gasteiger partial charge < -0.3 is 9.80 Å². The summed E-state index contributed by atoms with van der Waals surface area (Å²) in [7, 11) is 5.79. The topological polar surface area (TPSA) is 36.4 Å². The maximum Gasteiger partial charge on any atom is 0.253 e. The Bertz CT molecular complexity index is 311. The van der Waals surface area contributed by atoms with Gasteiger partial charge in [-0.2, -0.15) is 0 Å². The number of amides is 1. The van der Waals surface area contributed by atoms with Gasteiger partial charge in [-0.1, -0.05) is 0 Å². The van der Waals surface area contributed by atoms with Gasteiger partial charge in [0.25, 0.3) is 5.91 Å². The van der Waals surface area contributed by atoms with Crippen LogP contribution in [0.4, 0.5) is 0 Å². The Balaban J connectivity index is 2.54. The summed E-state index contributed by atoms with van der Waals surface area (Å²) in [6.07, 6.45) is 3.26. The van der Waals surface area contributed by atoms with E-state index in [-0.39, 0.29) is 5.91 Å². The lowest BCUT2D eigenvalue weighted by atomic mass is 10.2. The molecule has 0 radical (unpaired) electrons. The zero-order chi connectivity index (χ0) is 11.3. The number of carbonyl (C=O) groups excluding carboxylic acids is 1. The van der Waals surface area contributed by atoms with Gasteiger partial charge in [-0.15, -0.1) is 0 Å². The second-order valence-electron chi connectivity index (χ2n) is 3.77. The van der Waals surface area contributed by atoms with E-state index in [1.807, 2.05) is 21.1 Å². The van der Waals surface area contributed by atoms with Crippen LogP contribution in [-0.4, -0.2) is 54.9 Å². The Morgan fingerprint density at radius 3 is 2.33 bits per heavy atom. The summed E-state index contributed by atoms with van der Waals surface area (Å²) in [6.45, 7) is 1.60. The molecule has 0 fully saturated rings. The number of pyridine rings is 1. The molecule has 0 N–H and O–H groups in total. The highest BCUT2D eigenvalue weighted by Gasteiger charge is 2.10. The fourth-order valence-electron chi connectivity index (χ4n) is 1.17. The molecule has 1 aromatic heterocycles. The van der Waals surface area contributed by atoms with Crippen LogP contribution < -0.4 is 0 Å². The highest BCUT2D eigenvalue weighted by molar-refractivity contribution is 5.93. The van der Waals surface area contributed by atoms with E-state index in [2.05, 4.69) is 9.88 Å². The van der Waals surface area contributed by atoms with Crippen LogP contribution in [-0.2, 0) is 0 Å². The van der Waals surface area contributed by atoms with Crippen molar-refractivity contribution in [3.63, 3.8) is 0 Å². The van der Waals surface area contributed by atoms with E-state index in [9.17, 15) is 4.79 Å². The summed E-state index contributed by atoms with van der Waals surface area (Å²) in [5.74, 6) is 0.0410. The zero-order valence-electron chi connectivity index (χ0n) is 9.47. The molecule has 4 heteroatoms. The maximum absolute atomic E-state index is 11.8. The van der Waals surface area contributed by atoms with E-state index in [0.717, 1.165) is 13.1 Å². The summed E-state index contributed by atoms with van der Waals surface area (Å²) in [4.78, 5) is 19.5. The van der Waals surface area contributed by atoms with Gasteiger partial charge in [0.2, 0.25) is 0 Å². The Morgan fingerprint density at radius 1 is 1.20 bits per heavy atom. The van der Waals surface area contributed by atoms with Crippen molar-refractivity contribution in [2.24, 2.45) is 0 Å². The van der Waals surface area contributed by atoms with Crippen molar-refractivity contribution in [1.82, 2.24) is 14.8 Å². The third-order valence-electron chi connectivity index (χ3n) is 2.16. The molecule has 1 heterocycles. The van der Waals surface area contributed by atoms with Crippen molar-refractivity contribution in [3.05, 3.63) is 30.1 Å². The van der Waals surface area contributed by atoms with Crippen molar-refractivity contribution < 1.29 is 4.79 Å². The quantitative estimate of drug-likeness (QED) is 0.729. The molecule has 1 amide bonds. The fraction of sp³-hybridized carbons (Fsp3) is 0.455. The minimum absolute atomic E-state index is 0.0410. The molecular formula is C11H17N3O. The monoisotopic (exact) mass is 207 g/mol. The zero-order valence-corrected chi connectivity index (χ0v) is 9.47. The fourth-order valence-corrected chi connectivity index (χ4v) is 1.17. The van der Waals surface area contributed by atoms with Crippen LogP contribution in [0, 0.1) is 0 Å². The standard InChI is InChI=1S/C11H17N3O/c1-13(2)8-9-14(3)11(15)10-4-6-12-7-5-10/h4-7H,8-9H2,1-3H3. The molecule has 0 atom stereocenters. The number of aromatic nitrogens is 1. The van der Waals surface area contributed by atoms with E-state index in [0.29, 0.717) is 5.56 Å². The van der Waals surface area contributed by atoms with Crippen LogP contribution in [0.5, 0.6) is 0 Å². The number of carbonyl (C=O) groups is 1. The van der Waals surface area contributed by atoms with Crippen molar-refractivity contribution in [2.75, 3.05) is 34.2 Å². The molecule has 0 aliphatic heterocycles. The van der Waals surface area contributed by atoms with Crippen LogP contribution in [0.25, 0.3) is 0 Å². The number of hydrogen-bond acceptors (Lipinski definition) is 3. The van der Waals surface area contributed by atoms with Gasteiger partial charge in [-0.25, -0.2) is 0 Å². The summed E-state index contributed by atoms with van der Waals surface area (Å²) in [5.41, 5.74) is 0.686. The molecule has 0 aliphatic rings. The van der Waals surface area contributed by atoms with Gasteiger partial charge in [0.05, 0.1) is 0 Å². The lowest BCUT2D eigenvalue weighted by molar-refractivity contribution is 0.0786. The van der Waals surface area contributed by atoms with Crippen LogP contribution >= 0.6 is 0 Å². The van der Waals surface area contributed by atoms with Gasteiger partial charge >= 0.3 is 0 Å². The van der Waals surface area contributed by atoms with Crippen molar-refractivity contribution in [2.45, 2.75) is 0 Å². The number of likely N-dealkylation sites (N-methyl/N-ethyl adjacent to an activating group) is 2. The smallest absolute Gasteiger partial charge is 0.253 e. The first kappa shape index (κ1) is 11.7. The summed E-state index contributed by atoms with van der Waals surface area (Å²) >= 11 is 0. The first-order valence-electron chi connectivity index (χ1n) is 4.91. The molecule has 1 aromatic rings. The Labute approximate surface area is 90.5 Å². The highest BCUT2D eigenvalue weighted by Crippen LogP contribution is 2.01. The predicted molar refractivity (Wildman–Crippen MR) is 59.8 cm³/mol. The van der Waals surface area contributed by atoms with Crippen molar-refractivity contribution in [1.29, 1.82) is 0 Å². The molecule has 4 nitrogen and oxygen atoms in total. The normalized spacial score (nSPS) is 10.4. The molecule has 15 heavy (non-hydrogen) atoms. The van der Waals surface area contributed by atoms with Crippen molar-refractivity contribution >= 4 is 5.91 Å². The van der Waals surface area contributed by atoms with Crippen LogP contribution in [0.3, 0.4) is 0 Å². The second kappa shape index (κ2) is 5.46. The van der Waals surface area contributed by atoms with Gasteiger partial charge in [0, 0.05) is 38.1 Å². The van der Waals surface area contributed by atoms with E-state index in [1.165, 1.54) is 0 Å². The largest absolute Gasteiger partial charge is 0.340 e. The Morgan fingerprint density at radius 2 is 1.80 bits per heavy atom. The Hall–Kier alpha value is -1.42. The minimum Gasteiger partial charge on any atom is -0.340 e. The van der Waals surface area contributed by atoms with Crippen LogP contribution in [0.2, 0.25) is 0 Å². The molecule has 0 unspecified atom stereocenters. The average molecular weight is 207 g/mol. The first-order chi connectivity index (χ1) is 7.11. The van der Waals surface area contributed by atoms with Crippen molar-refractivity contribution in [3.8, 4) is 0 Å². The molecule has 1 rings (SSSR count). The summed E-state index contributed by atoms with van der Waals surface area (Å²) < 4.78 is 0. The van der Waals surface area contributed by atoms with Gasteiger partial charge in [-0.3, -0.25) is 9.78 Å². The van der Waals surface area contributed by atoms with Crippen LogP contribution in [0.15, 0.2) is 24.5 Å². The molecular weight excluding hydrogens is 190 g/mol. The lowest BCUT2D eigenvalue weighted by Gasteiger charge is -2.19. The van der Waals surface area contributed by atoms with Crippen LogP contribution in [0.1, 0.15) is 10.4 Å². The summed E-state index contributed by atoms with van der Waals surface area (Å²) in [5, 5.41) is 0. The van der Waals surface area contributed by atoms with E-state index >= 15 is 0 Å². The highest BCUT2D eigenvalue weighted by atomic mass is 16.2. The molecule has 0 aromatic carbocycles. The van der Waals surface area contributed by atoms with Gasteiger partial charge in [0.15, 0.2) is 0 Å². The summed E-state index contributed by atoms with van der Waals surface area (Å²) in [6, 6.07) is 3.46. The van der Waals surface area contributed by atoms with E-state index in [1.54, 1.807) is 29.4 Å². The van der Waals surface area contributed by atoms with E-state index in [4.69, 9.17) is 0 Å². The molecule has 0 saturated carbocycles. The SMILES string of the molecule is CN(C)CCN(C)C(=O)c1ccncc1. The molecule has 0 aliphatic carbocycles. The molecule has 0 spiro atoms. The second-order valence-corrected chi connectivity index (χ2v) is 3.77. The molecule has 0 bridgehead atoms. The Kier molecular flexibility index (Phi) is 4.24. The van der Waals surface area contributed by atoms with E-state index < -0.39 is 0 Å². The molecule has 82 valence electrons.